The number of H-pyrrole nitrogens is 1. The van der Waals surface area contributed by atoms with E-state index in [0.29, 0.717) is 0 Å². The first kappa shape index (κ1) is 13.7. The lowest BCUT2D eigenvalue weighted by Gasteiger charge is -2.16. The molecule has 0 fully saturated rings. The molecule has 0 aliphatic carbocycles. The van der Waals surface area contributed by atoms with Gasteiger partial charge in [0.05, 0.1) is 17.4 Å². The Bertz CT molecular complexity index is 909. The topological polar surface area (TPSA) is 74.2 Å². The highest BCUT2D eigenvalue weighted by Gasteiger charge is 2.15. The van der Waals surface area contributed by atoms with Gasteiger partial charge < -0.3 is 10.1 Å². The number of fused-ring (bicyclic) bond motifs is 1. The summed E-state index contributed by atoms with van der Waals surface area (Å²) in [6, 6.07) is 5.65. The second kappa shape index (κ2) is 5.68. The van der Waals surface area contributed by atoms with Crippen LogP contribution in [0, 0.1) is 0 Å². The van der Waals surface area contributed by atoms with Gasteiger partial charge in [0.2, 0.25) is 5.88 Å². The van der Waals surface area contributed by atoms with Crippen LogP contribution in [0.3, 0.4) is 0 Å². The normalized spacial score (nSPS) is 16.7. The number of nitrogens with one attached hydrogen (secondary N) is 1. The molecule has 0 aromatic carbocycles. The summed E-state index contributed by atoms with van der Waals surface area (Å²) in [5.41, 5.74) is 5.19. The van der Waals surface area contributed by atoms with Crippen molar-refractivity contribution < 1.29 is 5.11 Å². The molecule has 23 heavy (non-hydrogen) atoms. The molecular weight excluding hydrogens is 288 g/mol. The van der Waals surface area contributed by atoms with Gasteiger partial charge in [0.1, 0.15) is 0 Å². The van der Waals surface area contributed by atoms with Crippen molar-refractivity contribution in [3.63, 3.8) is 0 Å². The molecule has 0 spiro atoms. The lowest BCUT2D eigenvalue weighted by Crippen LogP contribution is -2.11. The molecular formula is C18H16N4O. The van der Waals surface area contributed by atoms with Crippen molar-refractivity contribution in [1.82, 2.24) is 15.0 Å². The highest BCUT2D eigenvalue weighted by molar-refractivity contribution is 6.15. The predicted molar refractivity (Wildman–Crippen MR) is 90.6 cm³/mol. The Labute approximate surface area is 133 Å². The number of aromatic amines is 1. The summed E-state index contributed by atoms with van der Waals surface area (Å²) in [4.78, 5) is 16.0. The van der Waals surface area contributed by atoms with Gasteiger partial charge in [-0.15, -0.1) is 0 Å². The van der Waals surface area contributed by atoms with Crippen LogP contribution in [0.1, 0.15) is 24.0 Å². The number of aromatic nitrogens is 3. The average molecular weight is 304 g/mol. The molecule has 0 bridgehead atoms. The Morgan fingerprint density at radius 3 is 3.09 bits per heavy atom. The number of nitrogens with zero attached hydrogens (tertiary/aromatic N) is 3. The van der Waals surface area contributed by atoms with E-state index in [1.807, 2.05) is 24.5 Å². The SMILES string of the molecule is Oc1cc2c(/C=C3\CCCN=C3c3cccnc3)c[nH]c2cn1. The van der Waals surface area contributed by atoms with Crippen molar-refractivity contribution in [3.05, 3.63) is 59.7 Å². The summed E-state index contributed by atoms with van der Waals surface area (Å²) in [6.45, 7) is 0.847. The number of aromatic hydroxyl groups is 1. The van der Waals surface area contributed by atoms with Crippen molar-refractivity contribution in [1.29, 1.82) is 0 Å². The van der Waals surface area contributed by atoms with E-state index in [2.05, 4.69) is 21.0 Å². The minimum Gasteiger partial charge on any atom is -0.493 e. The minimum atomic E-state index is 0.0292. The lowest BCUT2D eigenvalue weighted by molar-refractivity contribution is 0.454. The van der Waals surface area contributed by atoms with E-state index in [9.17, 15) is 5.11 Å². The van der Waals surface area contributed by atoms with E-state index < -0.39 is 0 Å². The second-order valence-electron chi connectivity index (χ2n) is 5.58. The largest absolute Gasteiger partial charge is 0.493 e. The molecule has 0 amide bonds. The summed E-state index contributed by atoms with van der Waals surface area (Å²) >= 11 is 0. The van der Waals surface area contributed by atoms with Crippen LogP contribution in [-0.2, 0) is 0 Å². The van der Waals surface area contributed by atoms with Gasteiger partial charge in [0, 0.05) is 47.7 Å². The Morgan fingerprint density at radius 1 is 1.26 bits per heavy atom. The van der Waals surface area contributed by atoms with E-state index in [1.54, 1.807) is 18.5 Å². The smallest absolute Gasteiger partial charge is 0.211 e. The summed E-state index contributed by atoms with van der Waals surface area (Å²) in [7, 11) is 0. The molecule has 1 aliphatic heterocycles. The Hall–Kier alpha value is -2.95. The first-order chi connectivity index (χ1) is 11.3. The maximum Gasteiger partial charge on any atom is 0.211 e. The molecule has 5 nitrogen and oxygen atoms in total. The van der Waals surface area contributed by atoms with Crippen LogP contribution in [0.5, 0.6) is 5.88 Å². The van der Waals surface area contributed by atoms with Gasteiger partial charge in [-0.25, -0.2) is 4.98 Å². The molecule has 4 heterocycles. The van der Waals surface area contributed by atoms with Gasteiger partial charge in [-0.2, -0.15) is 0 Å². The lowest BCUT2D eigenvalue weighted by atomic mass is 9.95. The zero-order valence-corrected chi connectivity index (χ0v) is 12.5. The summed E-state index contributed by atoms with van der Waals surface area (Å²) < 4.78 is 0. The Balaban J connectivity index is 1.80. The van der Waals surface area contributed by atoms with Crippen LogP contribution in [-0.4, -0.2) is 32.3 Å². The number of hydrogen-bond donors (Lipinski definition) is 2. The first-order valence-corrected chi connectivity index (χ1v) is 7.63. The molecule has 0 radical (unpaired) electrons. The molecule has 0 atom stereocenters. The van der Waals surface area contributed by atoms with Crippen LogP contribution < -0.4 is 0 Å². The Morgan fingerprint density at radius 2 is 2.22 bits per heavy atom. The van der Waals surface area contributed by atoms with Crippen LogP contribution in [0.2, 0.25) is 0 Å². The number of allylic oxidation sites excluding steroid dienone is 1. The van der Waals surface area contributed by atoms with Gasteiger partial charge in [-0.3, -0.25) is 9.98 Å². The Kier molecular flexibility index (Phi) is 3.38. The van der Waals surface area contributed by atoms with Gasteiger partial charge in [-0.05, 0) is 36.6 Å². The van der Waals surface area contributed by atoms with Gasteiger partial charge in [0.25, 0.3) is 0 Å². The third kappa shape index (κ3) is 2.61. The monoisotopic (exact) mass is 304 g/mol. The van der Waals surface area contributed by atoms with Crippen LogP contribution >= 0.6 is 0 Å². The highest BCUT2D eigenvalue weighted by atomic mass is 16.3. The number of rotatable bonds is 2. The van der Waals surface area contributed by atoms with Gasteiger partial charge >= 0.3 is 0 Å². The maximum absolute atomic E-state index is 9.63. The molecule has 2 N–H and O–H groups in total. The summed E-state index contributed by atoms with van der Waals surface area (Å²) in [5.74, 6) is 0.0292. The fourth-order valence-corrected chi connectivity index (χ4v) is 2.94. The second-order valence-corrected chi connectivity index (χ2v) is 5.58. The minimum absolute atomic E-state index is 0.0292. The third-order valence-electron chi connectivity index (χ3n) is 4.03. The zero-order valence-electron chi connectivity index (χ0n) is 12.5. The highest BCUT2D eigenvalue weighted by Crippen LogP contribution is 2.26. The molecule has 1 aliphatic rings. The van der Waals surface area contributed by atoms with Crippen LogP contribution in [0.25, 0.3) is 17.0 Å². The van der Waals surface area contributed by atoms with E-state index in [1.165, 1.54) is 5.57 Å². The predicted octanol–water partition coefficient (Wildman–Crippen LogP) is 3.33. The molecule has 5 heteroatoms. The van der Waals surface area contributed by atoms with Crippen molar-refractivity contribution in [2.24, 2.45) is 4.99 Å². The van der Waals surface area contributed by atoms with Crippen molar-refractivity contribution >= 4 is 22.7 Å². The molecule has 4 rings (SSSR count). The number of hydrogen-bond acceptors (Lipinski definition) is 4. The van der Waals surface area contributed by atoms with Gasteiger partial charge in [0.15, 0.2) is 0 Å². The van der Waals surface area contributed by atoms with E-state index in [-0.39, 0.29) is 5.88 Å². The van der Waals surface area contributed by atoms with Crippen molar-refractivity contribution in [3.8, 4) is 5.88 Å². The van der Waals surface area contributed by atoms with Crippen LogP contribution in [0.15, 0.2) is 53.6 Å². The molecule has 0 saturated heterocycles. The quantitative estimate of drug-likeness (QED) is 0.762. The average Bonchev–Trinajstić information content (AvgIpc) is 2.98. The molecule has 114 valence electrons. The molecule has 0 saturated carbocycles. The van der Waals surface area contributed by atoms with E-state index >= 15 is 0 Å². The number of pyridine rings is 2. The molecule has 3 aromatic heterocycles. The first-order valence-electron chi connectivity index (χ1n) is 7.63. The standard InChI is InChI=1S/C18H16N4O/c23-17-8-15-14(10-21-16(15)11-22-17)7-12-3-2-6-20-18(12)13-4-1-5-19-9-13/h1,4-5,7-11,21H,2-3,6H2,(H,22,23)/b12-7+. The van der Waals surface area contributed by atoms with Gasteiger partial charge in [-0.1, -0.05) is 0 Å². The van der Waals surface area contributed by atoms with Crippen molar-refractivity contribution in [2.45, 2.75) is 12.8 Å². The fraction of sp³-hybridized carbons (Fsp3) is 0.167. The molecule has 0 unspecified atom stereocenters. The zero-order chi connectivity index (χ0) is 15.6. The van der Waals surface area contributed by atoms with E-state index in [0.717, 1.165) is 47.1 Å². The molecule has 3 aromatic rings. The van der Waals surface area contributed by atoms with Crippen molar-refractivity contribution in [2.75, 3.05) is 6.54 Å². The maximum atomic E-state index is 9.63. The fourth-order valence-electron chi connectivity index (χ4n) is 2.94. The summed E-state index contributed by atoms with van der Waals surface area (Å²) in [6.07, 6.45) is 11.4. The third-order valence-corrected chi connectivity index (χ3v) is 4.03. The van der Waals surface area contributed by atoms with E-state index in [4.69, 9.17) is 4.99 Å². The number of aliphatic imine (C=N–C) groups is 1. The van der Waals surface area contributed by atoms with Crippen LogP contribution in [0.4, 0.5) is 0 Å². The summed E-state index contributed by atoms with van der Waals surface area (Å²) in [5, 5.41) is 10.6.